The molecule has 0 spiro atoms. The molecule has 1 nitrogen and oxygen atoms in total. The standard InChI is InChI=1S/C16H14O/c17-16-11-4-3-9-15(16)14-10-5-7-12-6-1-2-8-13(12)14/h1-3,5-10,15H,4,11H2. The van der Waals surface area contributed by atoms with Crippen LogP contribution in [0.3, 0.4) is 0 Å². The minimum atomic E-state index is -0.0464. The molecule has 3 rings (SSSR count). The first kappa shape index (κ1) is 10.3. The fourth-order valence-corrected chi connectivity index (χ4v) is 2.52. The molecule has 2 aromatic rings. The molecular formula is C16H14O. The topological polar surface area (TPSA) is 17.1 Å². The van der Waals surface area contributed by atoms with Crippen molar-refractivity contribution in [3.8, 4) is 0 Å². The van der Waals surface area contributed by atoms with Crippen molar-refractivity contribution in [1.82, 2.24) is 0 Å². The average Bonchev–Trinajstić information content (AvgIpc) is 2.39. The summed E-state index contributed by atoms with van der Waals surface area (Å²) in [6, 6.07) is 14.5. The number of allylic oxidation sites excluding steroid dienone is 2. The van der Waals surface area contributed by atoms with Crippen LogP contribution in [0.1, 0.15) is 24.3 Å². The normalized spacial score (nSPS) is 19.8. The van der Waals surface area contributed by atoms with Crippen molar-refractivity contribution in [2.75, 3.05) is 0 Å². The van der Waals surface area contributed by atoms with E-state index in [9.17, 15) is 4.79 Å². The van der Waals surface area contributed by atoms with Gasteiger partial charge in [0.2, 0.25) is 0 Å². The summed E-state index contributed by atoms with van der Waals surface area (Å²) in [6.07, 6.45) is 5.73. The van der Waals surface area contributed by atoms with Crippen molar-refractivity contribution in [3.05, 3.63) is 60.2 Å². The molecule has 1 atom stereocenters. The van der Waals surface area contributed by atoms with Gasteiger partial charge in [0.05, 0.1) is 5.92 Å². The minimum absolute atomic E-state index is 0.0464. The highest BCUT2D eigenvalue weighted by molar-refractivity contribution is 5.95. The van der Waals surface area contributed by atoms with E-state index in [2.05, 4.69) is 30.3 Å². The summed E-state index contributed by atoms with van der Waals surface area (Å²) >= 11 is 0. The van der Waals surface area contributed by atoms with E-state index in [0.29, 0.717) is 12.2 Å². The van der Waals surface area contributed by atoms with Gasteiger partial charge in [-0.25, -0.2) is 0 Å². The second-order valence-electron chi connectivity index (χ2n) is 4.48. The van der Waals surface area contributed by atoms with Crippen molar-refractivity contribution < 1.29 is 4.79 Å². The Morgan fingerprint density at radius 1 is 1.00 bits per heavy atom. The summed E-state index contributed by atoms with van der Waals surface area (Å²) in [5, 5.41) is 2.40. The first-order valence-corrected chi connectivity index (χ1v) is 6.03. The Labute approximate surface area is 101 Å². The van der Waals surface area contributed by atoms with E-state index in [-0.39, 0.29) is 5.92 Å². The van der Waals surface area contributed by atoms with E-state index in [1.54, 1.807) is 0 Å². The fourth-order valence-electron chi connectivity index (χ4n) is 2.52. The maximum absolute atomic E-state index is 12.0. The van der Waals surface area contributed by atoms with E-state index >= 15 is 0 Å². The van der Waals surface area contributed by atoms with E-state index in [0.717, 1.165) is 12.0 Å². The van der Waals surface area contributed by atoms with Crippen LogP contribution in [0, 0.1) is 0 Å². The molecular weight excluding hydrogens is 208 g/mol. The molecule has 0 bridgehead atoms. The van der Waals surface area contributed by atoms with Crippen LogP contribution in [0.2, 0.25) is 0 Å². The molecule has 1 unspecified atom stereocenters. The average molecular weight is 222 g/mol. The summed E-state index contributed by atoms with van der Waals surface area (Å²) in [6.45, 7) is 0. The van der Waals surface area contributed by atoms with E-state index in [1.807, 2.05) is 24.3 Å². The smallest absolute Gasteiger partial charge is 0.144 e. The minimum Gasteiger partial charge on any atom is -0.299 e. The molecule has 0 fully saturated rings. The van der Waals surface area contributed by atoms with Crippen LogP contribution in [0.25, 0.3) is 10.8 Å². The Morgan fingerprint density at radius 2 is 1.82 bits per heavy atom. The van der Waals surface area contributed by atoms with E-state index in [1.165, 1.54) is 10.8 Å². The van der Waals surface area contributed by atoms with Gasteiger partial charge in [-0.3, -0.25) is 4.79 Å². The number of hydrogen-bond donors (Lipinski definition) is 0. The van der Waals surface area contributed by atoms with E-state index < -0.39 is 0 Å². The molecule has 2 aromatic carbocycles. The van der Waals surface area contributed by atoms with Crippen LogP contribution in [-0.4, -0.2) is 5.78 Å². The van der Waals surface area contributed by atoms with Gasteiger partial charge in [-0.1, -0.05) is 54.6 Å². The molecule has 84 valence electrons. The summed E-state index contributed by atoms with van der Waals surface area (Å²) in [5.74, 6) is 0.290. The Hall–Kier alpha value is -1.89. The Balaban J connectivity index is 2.20. The van der Waals surface area contributed by atoms with Crippen molar-refractivity contribution in [2.24, 2.45) is 0 Å². The van der Waals surface area contributed by atoms with Crippen LogP contribution >= 0.6 is 0 Å². The molecule has 17 heavy (non-hydrogen) atoms. The highest BCUT2D eigenvalue weighted by atomic mass is 16.1. The number of fused-ring (bicyclic) bond motifs is 1. The van der Waals surface area contributed by atoms with Gasteiger partial charge >= 0.3 is 0 Å². The predicted molar refractivity (Wildman–Crippen MR) is 70.1 cm³/mol. The van der Waals surface area contributed by atoms with Gasteiger partial charge in [-0.15, -0.1) is 0 Å². The number of rotatable bonds is 1. The lowest BCUT2D eigenvalue weighted by atomic mass is 9.85. The van der Waals surface area contributed by atoms with Gasteiger partial charge in [0.25, 0.3) is 0 Å². The molecule has 0 amide bonds. The maximum atomic E-state index is 12.0. The Bertz CT molecular complexity index is 590. The lowest BCUT2D eigenvalue weighted by Gasteiger charge is -2.17. The number of ketones is 1. The Kier molecular flexibility index (Phi) is 2.52. The lowest BCUT2D eigenvalue weighted by Crippen LogP contribution is -2.13. The van der Waals surface area contributed by atoms with Crippen molar-refractivity contribution in [1.29, 1.82) is 0 Å². The van der Waals surface area contributed by atoms with Crippen LogP contribution in [0.15, 0.2) is 54.6 Å². The summed E-state index contributed by atoms with van der Waals surface area (Å²) in [4.78, 5) is 12.0. The first-order valence-electron chi connectivity index (χ1n) is 6.03. The van der Waals surface area contributed by atoms with Gasteiger partial charge < -0.3 is 0 Å². The lowest BCUT2D eigenvalue weighted by molar-refractivity contribution is -0.119. The molecule has 0 aliphatic heterocycles. The molecule has 1 aliphatic carbocycles. The third kappa shape index (κ3) is 1.78. The maximum Gasteiger partial charge on any atom is 0.144 e. The SMILES string of the molecule is O=C1CCC=CC1c1cccc2ccccc12. The highest BCUT2D eigenvalue weighted by Gasteiger charge is 2.21. The molecule has 1 heteroatoms. The molecule has 0 heterocycles. The largest absolute Gasteiger partial charge is 0.299 e. The molecule has 0 N–H and O–H groups in total. The summed E-state index contributed by atoms with van der Waals surface area (Å²) in [5.41, 5.74) is 1.14. The number of Topliss-reactive ketones (excluding diaryl/α,β-unsaturated/α-hetero) is 1. The zero-order valence-electron chi connectivity index (χ0n) is 9.60. The third-order valence-electron chi connectivity index (χ3n) is 3.39. The molecule has 0 aromatic heterocycles. The van der Waals surface area contributed by atoms with Gasteiger partial charge in [-0.05, 0) is 22.8 Å². The summed E-state index contributed by atoms with van der Waals surface area (Å²) < 4.78 is 0. The van der Waals surface area contributed by atoms with Gasteiger partial charge in [0.15, 0.2) is 0 Å². The number of hydrogen-bond acceptors (Lipinski definition) is 1. The quantitative estimate of drug-likeness (QED) is 0.670. The molecule has 0 saturated heterocycles. The van der Waals surface area contributed by atoms with Crippen molar-refractivity contribution >= 4 is 16.6 Å². The van der Waals surface area contributed by atoms with Crippen LogP contribution < -0.4 is 0 Å². The first-order chi connectivity index (χ1) is 8.36. The zero-order chi connectivity index (χ0) is 11.7. The number of carbonyl (C=O) groups is 1. The van der Waals surface area contributed by atoms with Crippen LogP contribution in [0.4, 0.5) is 0 Å². The summed E-state index contributed by atoms with van der Waals surface area (Å²) in [7, 11) is 0. The molecule has 0 radical (unpaired) electrons. The second-order valence-corrected chi connectivity index (χ2v) is 4.48. The van der Waals surface area contributed by atoms with Gasteiger partial charge in [0, 0.05) is 6.42 Å². The Morgan fingerprint density at radius 3 is 2.71 bits per heavy atom. The van der Waals surface area contributed by atoms with E-state index in [4.69, 9.17) is 0 Å². The third-order valence-corrected chi connectivity index (χ3v) is 3.39. The predicted octanol–water partition coefficient (Wildman–Crippen LogP) is 3.84. The number of carbonyl (C=O) groups excluding carboxylic acids is 1. The second kappa shape index (κ2) is 4.17. The molecule has 0 saturated carbocycles. The zero-order valence-corrected chi connectivity index (χ0v) is 9.60. The molecule has 1 aliphatic rings. The van der Waals surface area contributed by atoms with Crippen LogP contribution in [-0.2, 0) is 4.79 Å². The fraction of sp³-hybridized carbons (Fsp3) is 0.188. The van der Waals surface area contributed by atoms with Crippen molar-refractivity contribution in [3.63, 3.8) is 0 Å². The van der Waals surface area contributed by atoms with Crippen molar-refractivity contribution in [2.45, 2.75) is 18.8 Å². The number of benzene rings is 2. The highest BCUT2D eigenvalue weighted by Crippen LogP contribution is 2.30. The van der Waals surface area contributed by atoms with Crippen LogP contribution in [0.5, 0.6) is 0 Å². The van der Waals surface area contributed by atoms with Gasteiger partial charge in [-0.2, -0.15) is 0 Å². The van der Waals surface area contributed by atoms with Gasteiger partial charge in [0.1, 0.15) is 5.78 Å². The monoisotopic (exact) mass is 222 g/mol.